The molecule has 18 heavy (non-hydrogen) atoms. The third-order valence-corrected chi connectivity index (χ3v) is 3.37. The van der Waals surface area contributed by atoms with Gasteiger partial charge in [0, 0.05) is 24.0 Å². The van der Waals surface area contributed by atoms with Gasteiger partial charge in [-0.05, 0) is 22.0 Å². The summed E-state index contributed by atoms with van der Waals surface area (Å²) in [6, 6.07) is 4.81. The summed E-state index contributed by atoms with van der Waals surface area (Å²) in [5.74, 6) is -0.197. The molecule has 1 heterocycles. The van der Waals surface area contributed by atoms with Gasteiger partial charge in [0.05, 0.1) is 15.1 Å². The Kier molecular flexibility index (Phi) is 3.42. The van der Waals surface area contributed by atoms with Crippen molar-refractivity contribution in [2.75, 3.05) is 0 Å². The second-order valence-corrected chi connectivity index (χ2v) is 4.91. The van der Waals surface area contributed by atoms with Gasteiger partial charge in [-0.15, -0.1) is 0 Å². The van der Waals surface area contributed by atoms with Crippen LogP contribution in [0.3, 0.4) is 0 Å². The number of nitrogens with one attached hydrogen (secondary N) is 1. The van der Waals surface area contributed by atoms with E-state index in [0.717, 1.165) is 0 Å². The molecule has 7 heteroatoms. The highest BCUT2D eigenvalue weighted by Gasteiger charge is 2.23. The fourth-order valence-corrected chi connectivity index (χ4v) is 2.21. The Hall–Kier alpha value is -1.76. The Labute approximate surface area is 111 Å². The van der Waals surface area contributed by atoms with Crippen LogP contribution in [0.2, 0.25) is 0 Å². The third-order valence-electron chi connectivity index (χ3n) is 2.70. The summed E-state index contributed by atoms with van der Waals surface area (Å²) in [6.45, 7) is 1.87. The van der Waals surface area contributed by atoms with Crippen molar-refractivity contribution in [3.05, 3.63) is 38.3 Å². The standard InChI is InChI=1S/C11H10BrN3O3/c1-6-4-10(16)13-14-11(6)7-2-3-8(12)9(5-7)15(17)18/h2-3,5-6H,4H2,1H3,(H,13,16). The smallest absolute Gasteiger partial charge is 0.273 e. The molecule has 6 nitrogen and oxygen atoms in total. The Morgan fingerprint density at radius 2 is 2.28 bits per heavy atom. The van der Waals surface area contributed by atoms with E-state index in [9.17, 15) is 14.9 Å². The van der Waals surface area contributed by atoms with E-state index < -0.39 is 4.92 Å². The predicted molar refractivity (Wildman–Crippen MR) is 69.3 cm³/mol. The molecule has 1 amide bonds. The van der Waals surface area contributed by atoms with Gasteiger partial charge in [0.1, 0.15) is 0 Å². The number of hydrazone groups is 1. The number of carbonyl (C=O) groups is 1. The molecule has 0 aromatic heterocycles. The SMILES string of the molecule is CC1CC(=O)NN=C1c1ccc(Br)c([N+](=O)[O-])c1. The zero-order valence-corrected chi connectivity index (χ0v) is 11.1. The Morgan fingerprint density at radius 1 is 1.56 bits per heavy atom. The molecule has 1 atom stereocenters. The van der Waals surface area contributed by atoms with Crippen molar-refractivity contribution in [1.82, 2.24) is 5.43 Å². The lowest BCUT2D eigenvalue weighted by molar-refractivity contribution is -0.385. The molecule has 1 N–H and O–H groups in total. The van der Waals surface area contributed by atoms with Gasteiger partial charge < -0.3 is 0 Å². The maximum atomic E-state index is 11.1. The second kappa shape index (κ2) is 4.85. The number of hydrogen-bond acceptors (Lipinski definition) is 4. The molecule has 1 aromatic carbocycles. The average molecular weight is 312 g/mol. The van der Waals surface area contributed by atoms with Crippen LogP contribution >= 0.6 is 15.9 Å². The maximum Gasteiger partial charge on any atom is 0.284 e. The van der Waals surface area contributed by atoms with Crippen molar-refractivity contribution >= 4 is 33.2 Å². The minimum atomic E-state index is -0.458. The summed E-state index contributed by atoms with van der Waals surface area (Å²) in [4.78, 5) is 21.5. The average Bonchev–Trinajstić information content (AvgIpc) is 2.30. The number of halogens is 1. The van der Waals surface area contributed by atoms with E-state index in [2.05, 4.69) is 26.5 Å². The van der Waals surface area contributed by atoms with E-state index in [1.807, 2.05) is 6.92 Å². The van der Waals surface area contributed by atoms with E-state index >= 15 is 0 Å². The normalized spacial score (nSPS) is 19.1. The molecular weight excluding hydrogens is 302 g/mol. The van der Waals surface area contributed by atoms with Crippen molar-refractivity contribution in [3.8, 4) is 0 Å². The highest BCUT2D eigenvalue weighted by Crippen LogP contribution is 2.27. The van der Waals surface area contributed by atoms with E-state index in [0.29, 0.717) is 22.2 Å². The Bertz CT molecular complexity index is 556. The molecular formula is C11H10BrN3O3. The van der Waals surface area contributed by atoms with E-state index in [-0.39, 0.29) is 17.5 Å². The number of carbonyl (C=O) groups excluding carboxylic acids is 1. The van der Waals surface area contributed by atoms with Crippen LogP contribution in [-0.2, 0) is 4.79 Å². The third kappa shape index (κ3) is 2.40. The summed E-state index contributed by atoms with van der Waals surface area (Å²) < 4.78 is 0.421. The number of benzene rings is 1. The minimum Gasteiger partial charge on any atom is -0.273 e. The predicted octanol–water partition coefficient (Wildman–Crippen LogP) is 2.22. The van der Waals surface area contributed by atoms with Gasteiger partial charge in [0.15, 0.2) is 0 Å². The summed E-state index contributed by atoms with van der Waals surface area (Å²) in [6.07, 6.45) is 0.336. The largest absolute Gasteiger partial charge is 0.284 e. The molecule has 1 aliphatic rings. The monoisotopic (exact) mass is 311 g/mol. The molecule has 0 radical (unpaired) electrons. The zero-order chi connectivity index (χ0) is 13.3. The highest BCUT2D eigenvalue weighted by molar-refractivity contribution is 9.10. The summed E-state index contributed by atoms with van der Waals surface area (Å²) in [7, 11) is 0. The van der Waals surface area contributed by atoms with Crippen LogP contribution in [0.25, 0.3) is 0 Å². The van der Waals surface area contributed by atoms with Gasteiger partial charge in [0.25, 0.3) is 5.69 Å². The first-order valence-corrected chi connectivity index (χ1v) is 6.09. The first-order chi connectivity index (χ1) is 8.49. The van der Waals surface area contributed by atoms with Gasteiger partial charge in [0.2, 0.25) is 5.91 Å². The summed E-state index contributed by atoms with van der Waals surface area (Å²) in [5, 5.41) is 14.8. The number of hydrogen-bond donors (Lipinski definition) is 1. The first kappa shape index (κ1) is 12.7. The Balaban J connectivity index is 2.43. The molecule has 1 aromatic rings. The van der Waals surface area contributed by atoms with Crippen molar-refractivity contribution < 1.29 is 9.72 Å². The topological polar surface area (TPSA) is 84.6 Å². The molecule has 0 saturated heterocycles. The summed E-state index contributed by atoms with van der Waals surface area (Å²) >= 11 is 3.13. The van der Waals surface area contributed by atoms with Crippen LogP contribution in [-0.4, -0.2) is 16.5 Å². The zero-order valence-electron chi connectivity index (χ0n) is 9.51. The van der Waals surface area contributed by atoms with Crippen molar-refractivity contribution in [2.45, 2.75) is 13.3 Å². The number of amides is 1. The molecule has 2 rings (SSSR count). The lowest BCUT2D eigenvalue weighted by Crippen LogP contribution is -2.31. The number of nitrogens with zero attached hydrogens (tertiary/aromatic N) is 2. The molecule has 0 fully saturated rings. The van der Waals surface area contributed by atoms with Gasteiger partial charge in [-0.2, -0.15) is 5.10 Å². The number of rotatable bonds is 2. The fourth-order valence-electron chi connectivity index (χ4n) is 1.81. The molecule has 0 bridgehead atoms. The van der Waals surface area contributed by atoms with Gasteiger partial charge in [-0.1, -0.05) is 13.0 Å². The van der Waals surface area contributed by atoms with Crippen LogP contribution in [0, 0.1) is 16.0 Å². The number of nitro groups is 1. The Morgan fingerprint density at radius 3 is 2.89 bits per heavy atom. The van der Waals surface area contributed by atoms with E-state index in [1.165, 1.54) is 6.07 Å². The first-order valence-electron chi connectivity index (χ1n) is 5.29. The van der Waals surface area contributed by atoms with Gasteiger partial charge in [-0.3, -0.25) is 14.9 Å². The summed E-state index contributed by atoms with van der Waals surface area (Å²) in [5.41, 5.74) is 3.69. The highest BCUT2D eigenvalue weighted by atomic mass is 79.9. The molecule has 1 aliphatic heterocycles. The van der Waals surface area contributed by atoms with Crippen LogP contribution in [0.5, 0.6) is 0 Å². The van der Waals surface area contributed by atoms with Crippen LogP contribution < -0.4 is 5.43 Å². The van der Waals surface area contributed by atoms with Crippen LogP contribution in [0.15, 0.2) is 27.8 Å². The molecule has 94 valence electrons. The number of nitro benzene ring substituents is 1. The van der Waals surface area contributed by atoms with Crippen molar-refractivity contribution in [3.63, 3.8) is 0 Å². The minimum absolute atomic E-state index is 0.0145. The van der Waals surface area contributed by atoms with E-state index in [4.69, 9.17) is 0 Å². The lowest BCUT2D eigenvalue weighted by Gasteiger charge is -2.19. The maximum absolute atomic E-state index is 11.1. The quantitative estimate of drug-likeness (QED) is 0.671. The fraction of sp³-hybridized carbons (Fsp3) is 0.273. The van der Waals surface area contributed by atoms with Crippen LogP contribution in [0.1, 0.15) is 18.9 Å². The van der Waals surface area contributed by atoms with Gasteiger partial charge >= 0.3 is 0 Å². The van der Waals surface area contributed by atoms with Crippen molar-refractivity contribution in [1.29, 1.82) is 0 Å². The van der Waals surface area contributed by atoms with Crippen LogP contribution in [0.4, 0.5) is 5.69 Å². The lowest BCUT2D eigenvalue weighted by atomic mass is 9.94. The second-order valence-electron chi connectivity index (χ2n) is 4.06. The van der Waals surface area contributed by atoms with Gasteiger partial charge in [-0.25, -0.2) is 5.43 Å². The molecule has 1 unspecified atom stereocenters. The molecule has 0 spiro atoms. The molecule has 0 aliphatic carbocycles. The molecule has 0 saturated carbocycles. The van der Waals surface area contributed by atoms with Crippen molar-refractivity contribution in [2.24, 2.45) is 11.0 Å². The van der Waals surface area contributed by atoms with E-state index in [1.54, 1.807) is 12.1 Å².